The van der Waals surface area contributed by atoms with Crippen molar-refractivity contribution in [2.75, 3.05) is 0 Å². The van der Waals surface area contributed by atoms with Crippen molar-refractivity contribution in [1.29, 1.82) is 0 Å². The second-order valence-electron chi connectivity index (χ2n) is 8.90. The summed E-state index contributed by atoms with van der Waals surface area (Å²) >= 11 is 0. The molecule has 8 nitrogen and oxygen atoms in total. The maximum Gasteiger partial charge on any atom is 0.534 e. The molecule has 1 saturated carbocycles. The van der Waals surface area contributed by atoms with Crippen molar-refractivity contribution in [3.05, 3.63) is 0 Å². The van der Waals surface area contributed by atoms with Gasteiger partial charge in [-0.1, -0.05) is 24.3 Å². The third kappa shape index (κ3) is 4.86. The third-order valence-corrected chi connectivity index (χ3v) is 6.09. The van der Waals surface area contributed by atoms with Gasteiger partial charge < -0.3 is 14.0 Å². The molecule has 2 heterocycles. The molecule has 0 spiro atoms. The van der Waals surface area contributed by atoms with Crippen LogP contribution in [0.5, 0.6) is 0 Å². The van der Waals surface area contributed by atoms with Crippen LogP contribution >= 0.6 is 0 Å². The molecule has 0 bridgehead atoms. The van der Waals surface area contributed by atoms with E-state index in [4.69, 9.17) is 18.9 Å². The Morgan fingerprint density at radius 1 is 1.07 bits per heavy atom. The van der Waals surface area contributed by atoms with E-state index in [2.05, 4.69) is 27.7 Å². The standard InChI is InChI=1S/C19H30BNO7/c1-18(2)19(3,4)28-20(27-18)11-7-5-6-8-13-12-14(13)25-17(24)26-21-15(22)9-10-16(21)23/h13-14H,5-12H2,1-4H3/t13?,14-/m1/s1. The lowest BCUT2D eigenvalue weighted by Crippen LogP contribution is -2.41. The Labute approximate surface area is 166 Å². The first kappa shape index (κ1) is 21.1. The highest BCUT2D eigenvalue weighted by Gasteiger charge is 2.50. The molecule has 0 N–H and O–H groups in total. The number of carbonyl (C=O) groups is 3. The molecule has 2 amide bonds. The Balaban J connectivity index is 1.24. The molecule has 0 aromatic carbocycles. The van der Waals surface area contributed by atoms with Crippen LogP contribution in [0.15, 0.2) is 0 Å². The average molecular weight is 395 g/mol. The van der Waals surface area contributed by atoms with E-state index < -0.39 is 18.0 Å². The molecule has 9 heteroatoms. The van der Waals surface area contributed by atoms with E-state index in [-0.39, 0.29) is 37.3 Å². The Bertz CT molecular complexity index is 604. The molecule has 0 aromatic heterocycles. The molecule has 2 aliphatic heterocycles. The number of amides is 2. The fourth-order valence-corrected chi connectivity index (χ4v) is 3.52. The van der Waals surface area contributed by atoms with Gasteiger partial charge in [0.2, 0.25) is 0 Å². The van der Waals surface area contributed by atoms with Crippen LogP contribution in [0.3, 0.4) is 0 Å². The first-order valence-corrected chi connectivity index (χ1v) is 10.2. The molecule has 0 aromatic rings. The van der Waals surface area contributed by atoms with E-state index in [1.165, 1.54) is 0 Å². The number of hydrogen-bond acceptors (Lipinski definition) is 7. The lowest BCUT2D eigenvalue weighted by molar-refractivity contribution is -0.177. The van der Waals surface area contributed by atoms with Gasteiger partial charge in [-0.2, -0.15) is 0 Å². The molecule has 28 heavy (non-hydrogen) atoms. The number of unbranched alkanes of at least 4 members (excludes halogenated alkanes) is 2. The normalized spacial score (nSPS) is 28.0. The minimum Gasteiger partial charge on any atom is -0.429 e. The Morgan fingerprint density at radius 2 is 1.68 bits per heavy atom. The maximum absolute atomic E-state index is 11.7. The predicted molar refractivity (Wildman–Crippen MR) is 99.9 cm³/mol. The van der Waals surface area contributed by atoms with E-state index in [9.17, 15) is 14.4 Å². The van der Waals surface area contributed by atoms with Gasteiger partial charge in [0.05, 0.1) is 11.2 Å². The largest absolute Gasteiger partial charge is 0.534 e. The number of imide groups is 1. The molecular formula is C19H30BNO7. The van der Waals surface area contributed by atoms with Crippen LogP contribution in [-0.2, 0) is 28.5 Å². The Kier molecular flexibility index (Phi) is 6.05. The Morgan fingerprint density at radius 3 is 2.29 bits per heavy atom. The third-order valence-electron chi connectivity index (χ3n) is 6.09. The Hall–Kier alpha value is -1.61. The second-order valence-corrected chi connectivity index (χ2v) is 8.90. The summed E-state index contributed by atoms with van der Waals surface area (Å²) in [6, 6.07) is 0. The zero-order valence-electron chi connectivity index (χ0n) is 17.2. The maximum atomic E-state index is 11.7. The van der Waals surface area contributed by atoms with Crippen molar-refractivity contribution in [1.82, 2.24) is 5.06 Å². The first-order chi connectivity index (χ1) is 13.1. The molecule has 1 aliphatic carbocycles. The van der Waals surface area contributed by atoms with E-state index in [0.717, 1.165) is 38.4 Å². The van der Waals surface area contributed by atoms with E-state index in [0.29, 0.717) is 11.0 Å². The van der Waals surface area contributed by atoms with Crippen molar-refractivity contribution in [2.24, 2.45) is 5.92 Å². The van der Waals surface area contributed by atoms with Gasteiger partial charge in [0, 0.05) is 12.8 Å². The molecule has 3 aliphatic rings. The monoisotopic (exact) mass is 395 g/mol. The fourth-order valence-electron chi connectivity index (χ4n) is 3.52. The topological polar surface area (TPSA) is 91.4 Å². The molecule has 3 rings (SSSR count). The van der Waals surface area contributed by atoms with Gasteiger partial charge in [0.1, 0.15) is 6.10 Å². The van der Waals surface area contributed by atoms with Crippen LogP contribution in [0.4, 0.5) is 4.79 Å². The summed E-state index contributed by atoms with van der Waals surface area (Å²) in [6.07, 6.45) is 4.78. The van der Waals surface area contributed by atoms with Crippen LogP contribution in [0, 0.1) is 5.92 Å². The summed E-state index contributed by atoms with van der Waals surface area (Å²) in [7, 11) is -0.146. The SMILES string of the molecule is CC1(C)OB(CCCCCC2C[C@H]2OC(=O)ON2C(=O)CCC2=O)OC1(C)C. The van der Waals surface area contributed by atoms with E-state index >= 15 is 0 Å². The highest BCUT2D eigenvalue weighted by atomic mass is 16.8. The predicted octanol–water partition coefficient (Wildman–Crippen LogP) is 3.24. The van der Waals surface area contributed by atoms with Crippen molar-refractivity contribution in [3.63, 3.8) is 0 Å². The van der Waals surface area contributed by atoms with Crippen molar-refractivity contribution in [3.8, 4) is 0 Å². The molecular weight excluding hydrogens is 365 g/mol. The zero-order chi connectivity index (χ0) is 20.5. The lowest BCUT2D eigenvalue weighted by atomic mass is 9.82. The summed E-state index contributed by atoms with van der Waals surface area (Å²) in [5, 5.41) is 0.509. The fraction of sp³-hybridized carbons (Fsp3) is 0.842. The highest BCUT2D eigenvalue weighted by Crippen LogP contribution is 2.40. The molecule has 0 radical (unpaired) electrons. The van der Waals surface area contributed by atoms with Gasteiger partial charge in [0.25, 0.3) is 11.8 Å². The van der Waals surface area contributed by atoms with Gasteiger partial charge in [-0.15, -0.1) is 0 Å². The number of rotatable bonds is 8. The van der Waals surface area contributed by atoms with E-state index in [1.54, 1.807) is 0 Å². The molecule has 156 valence electrons. The van der Waals surface area contributed by atoms with Crippen LogP contribution in [-0.4, -0.2) is 47.5 Å². The number of hydroxylamine groups is 2. The zero-order valence-corrected chi connectivity index (χ0v) is 17.2. The summed E-state index contributed by atoms with van der Waals surface area (Å²) < 4.78 is 17.1. The molecule has 3 fully saturated rings. The smallest absolute Gasteiger partial charge is 0.429 e. The van der Waals surface area contributed by atoms with Crippen LogP contribution in [0.25, 0.3) is 0 Å². The van der Waals surface area contributed by atoms with Crippen LogP contribution < -0.4 is 0 Å². The summed E-state index contributed by atoms with van der Waals surface area (Å²) in [4.78, 5) is 39.2. The molecule has 2 saturated heterocycles. The van der Waals surface area contributed by atoms with Crippen molar-refractivity contribution < 1.29 is 33.3 Å². The minimum absolute atomic E-state index is 0.0735. The molecule has 1 unspecified atom stereocenters. The van der Waals surface area contributed by atoms with Crippen LogP contribution in [0.1, 0.15) is 72.6 Å². The summed E-state index contributed by atoms with van der Waals surface area (Å²) in [6.45, 7) is 8.23. The lowest BCUT2D eigenvalue weighted by Gasteiger charge is -2.32. The second kappa shape index (κ2) is 8.03. The number of hydrogen-bond donors (Lipinski definition) is 0. The van der Waals surface area contributed by atoms with Crippen molar-refractivity contribution in [2.45, 2.75) is 96.3 Å². The number of carbonyl (C=O) groups excluding carboxylic acids is 3. The summed E-state index contributed by atoms with van der Waals surface area (Å²) in [5.74, 6) is -0.679. The minimum atomic E-state index is -0.975. The van der Waals surface area contributed by atoms with Gasteiger partial charge in [0.15, 0.2) is 0 Å². The van der Waals surface area contributed by atoms with Gasteiger partial charge in [-0.25, -0.2) is 4.79 Å². The van der Waals surface area contributed by atoms with E-state index in [1.807, 2.05) is 0 Å². The van der Waals surface area contributed by atoms with Crippen molar-refractivity contribution >= 4 is 25.1 Å². The van der Waals surface area contributed by atoms with Gasteiger partial charge in [-0.3, -0.25) is 14.4 Å². The highest BCUT2D eigenvalue weighted by molar-refractivity contribution is 6.45. The van der Waals surface area contributed by atoms with Crippen LogP contribution in [0.2, 0.25) is 6.32 Å². The molecule has 2 atom stereocenters. The first-order valence-electron chi connectivity index (χ1n) is 10.2. The average Bonchev–Trinajstić information content (AvgIpc) is 3.19. The number of ether oxygens (including phenoxy) is 1. The number of nitrogens with zero attached hydrogens (tertiary/aromatic N) is 1. The summed E-state index contributed by atoms with van der Waals surface area (Å²) in [5.41, 5.74) is -0.565. The quantitative estimate of drug-likeness (QED) is 0.270. The van der Waals surface area contributed by atoms with Gasteiger partial charge >= 0.3 is 13.3 Å². The van der Waals surface area contributed by atoms with Gasteiger partial charge in [-0.05, 0) is 52.8 Å².